The standard InChI is InChI=1S/C12H15FO/c1-9-4-2-5-10(11(9)13)12(8-14)6-3-7-12/h2,4-5,14H,3,6-8H2,1H3. The maximum atomic E-state index is 13.8. The number of aryl methyl sites for hydroxylation is 1. The van der Waals surface area contributed by atoms with E-state index in [-0.39, 0.29) is 17.8 Å². The molecule has 1 aromatic carbocycles. The second-order valence-corrected chi connectivity index (χ2v) is 4.23. The highest BCUT2D eigenvalue weighted by atomic mass is 19.1. The first-order chi connectivity index (χ1) is 6.69. The van der Waals surface area contributed by atoms with Crippen molar-refractivity contribution in [3.05, 3.63) is 35.1 Å². The summed E-state index contributed by atoms with van der Waals surface area (Å²) in [6.07, 6.45) is 2.90. The van der Waals surface area contributed by atoms with Crippen molar-refractivity contribution in [3.8, 4) is 0 Å². The summed E-state index contributed by atoms with van der Waals surface area (Å²) in [5, 5.41) is 9.34. The van der Waals surface area contributed by atoms with E-state index in [1.807, 2.05) is 6.07 Å². The second-order valence-electron chi connectivity index (χ2n) is 4.23. The Morgan fingerprint density at radius 1 is 1.43 bits per heavy atom. The van der Waals surface area contributed by atoms with E-state index in [1.165, 1.54) is 0 Å². The van der Waals surface area contributed by atoms with Crippen LogP contribution in [-0.4, -0.2) is 11.7 Å². The molecular weight excluding hydrogens is 179 g/mol. The first-order valence-corrected chi connectivity index (χ1v) is 5.06. The Labute approximate surface area is 83.6 Å². The van der Waals surface area contributed by atoms with Gasteiger partial charge in [0.2, 0.25) is 0 Å². The quantitative estimate of drug-likeness (QED) is 0.767. The first kappa shape index (κ1) is 9.66. The van der Waals surface area contributed by atoms with Crippen LogP contribution in [0.25, 0.3) is 0 Å². The molecule has 2 rings (SSSR count). The van der Waals surface area contributed by atoms with Crippen LogP contribution in [0.1, 0.15) is 30.4 Å². The number of halogens is 1. The van der Waals surface area contributed by atoms with Gasteiger partial charge in [0.15, 0.2) is 0 Å². The molecule has 0 saturated heterocycles. The fourth-order valence-electron chi connectivity index (χ4n) is 2.17. The molecule has 1 aromatic rings. The molecule has 1 aliphatic carbocycles. The van der Waals surface area contributed by atoms with Crippen LogP contribution in [0.2, 0.25) is 0 Å². The van der Waals surface area contributed by atoms with E-state index in [0.29, 0.717) is 11.1 Å². The average molecular weight is 194 g/mol. The molecule has 0 unspecified atom stereocenters. The Hall–Kier alpha value is -0.890. The van der Waals surface area contributed by atoms with Gasteiger partial charge < -0.3 is 5.11 Å². The lowest BCUT2D eigenvalue weighted by Crippen LogP contribution is -2.38. The molecule has 14 heavy (non-hydrogen) atoms. The smallest absolute Gasteiger partial charge is 0.129 e. The fraction of sp³-hybridized carbons (Fsp3) is 0.500. The zero-order chi connectivity index (χ0) is 10.2. The van der Waals surface area contributed by atoms with Crippen molar-refractivity contribution in [2.75, 3.05) is 6.61 Å². The highest BCUT2D eigenvalue weighted by Gasteiger charge is 2.40. The molecule has 76 valence electrons. The molecule has 0 amide bonds. The Morgan fingerprint density at radius 3 is 2.64 bits per heavy atom. The summed E-state index contributed by atoms with van der Waals surface area (Å²) >= 11 is 0. The van der Waals surface area contributed by atoms with Gasteiger partial charge in [-0.15, -0.1) is 0 Å². The maximum absolute atomic E-state index is 13.8. The predicted molar refractivity (Wildman–Crippen MR) is 53.8 cm³/mol. The zero-order valence-corrected chi connectivity index (χ0v) is 8.39. The van der Waals surface area contributed by atoms with Gasteiger partial charge in [0.25, 0.3) is 0 Å². The first-order valence-electron chi connectivity index (χ1n) is 5.06. The van der Waals surface area contributed by atoms with Crippen molar-refractivity contribution in [1.29, 1.82) is 0 Å². The monoisotopic (exact) mass is 194 g/mol. The van der Waals surface area contributed by atoms with Gasteiger partial charge in [-0.1, -0.05) is 24.6 Å². The van der Waals surface area contributed by atoms with Gasteiger partial charge in [-0.05, 0) is 30.9 Å². The summed E-state index contributed by atoms with van der Waals surface area (Å²) in [5.41, 5.74) is 1.09. The van der Waals surface area contributed by atoms with Crippen molar-refractivity contribution in [2.45, 2.75) is 31.6 Å². The Bertz CT molecular complexity index is 337. The number of aliphatic hydroxyl groups excluding tert-OH is 1. The molecule has 1 N–H and O–H groups in total. The minimum Gasteiger partial charge on any atom is -0.395 e. The minimum absolute atomic E-state index is 0.0629. The molecule has 0 radical (unpaired) electrons. The normalized spacial score (nSPS) is 19.1. The van der Waals surface area contributed by atoms with Crippen LogP contribution in [0.3, 0.4) is 0 Å². The SMILES string of the molecule is Cc1cccc(C2(CO)CCC2)c1F. The molecule has 1 saturated carbocycles. The summed E-state index contributed by atoms with van der Waals surface area (Å²) in [7, 11) is 0. The molecular formula is C12H15FO. The van der Waals surface area contributed by atoms with E-state index in [1.54, 1.807) is 19.1 Å². The molecule has 0 spiro atoms. The van der Waals surface area contributed by atoms with Crippen LogP contribution in [0, 0.1) is 12.7 Å². The van der Waals surface area contributed by atoms with E-state index in [9.17, 15) is 9.50 Å². The third-order valence-electron chi connectivity index (χ3n) is 3.38. The van der Waals surface area contributed by atoms with E-state index in [2.05, 4.69) is 0 Å². The van der Waals surface area contributed by atoms with Gasteiger partial charge in [-0.3, -0.25) is 0 Å². The number of hydrogen-bond acceptors (Lipinski definition) is 1. The van der Waals surface area contributed by atoms with Crippen molar-refractivity contribution in [1.82, 2.24) is 0 Å². The third-order valence-corrected chi connectivity index (χ3v) is 3.38. The van der Waals surface area contributed by atoms with Gasteiger partial charge in [-0.25, -0.2) is 4.39 Å². The summed E-state index contributed by atoms with van der Waals surface area (Å²) in [4.78, 5) is 0. The molecule has 2 heteroatoms. The minimum atomic E-state index is -0.282. The molecule has 0 bridgehead atoms. The van der Waals surface area contributed by atoms with Crippen LogP contribution in [-0.2, 0) is 5.41 Å². The van der Waals surface area contributed by atoms with Crippen LogP contribution < -0.4 is 0 Å². The van der Waals surface area contributed by atoms with Crippen molar-refractivity contribution >= 4 is 0 Å². The van der Waals surface area contributed by atoms with Gasteiger partial charge >= 0.3 is 0 Å². The molecule has 1 fully saturated rings. The van der Waals surface area contributed by atoms with E-state index >= 15 is 0 Å². The Morgan fingerprint density at radius 2 is 2.14 bits per heavy atom. The lowest BCUT2D eigenvalue weighted by atomic mass is 9.64. The fourth-order valence-corrected chi connectivity index (χ4v) is 2.17. The van der Waals surface area contributed by atoms with Gasteiger partial charge in [-0.2, -0.15) is 0 Å². The summed E-state index contributed by atoms with van der Waals surface area (Å²) in [6.45, 7) is 1.83. The van der Waals surface area contributed by atoms with Gasteiger partial charge in [0, 0.05) is 5.41 Å². The summed E-state index contributed by atoms with van der Waals surface area (Å²) < 4.78 is 13.8. The van der Waals surface area contributed by atoms with Crippen molar-refractivity contribution in [2.24, 2.45) is 0 Å². The van der Waals surface area contributed by atoms with E-state index in [4.69, 9.17) is 0 Å². The van der Waals surface area contributed by atoms with Gasteiger partial charge in [0.1, 0.15) is 5.82 Å². The molecule has 0 heterocycles. The largest absolute Gasteiger partial charge is 0.395 e. The Kier molecular flexibility index (Phi) is 2.31. The van der Waals surface area contributed by atoms with E-state index in [0.717, 1.165) is 19.3 Å². The molecule has 0 atom stereocenters. The second kappa shape index (κ2) is 3.35. The predicted octanol–water partition coefficient (Wildman–Crippen LogP) is 2.55. The number of hydrogen-bond donors (Lipinski definition) is 1. The molecule has 0 aliphatic heterocycles. The highest BCUT2D eigenvalue weighted by Crippen LogP contribution is 2.44. The van der Waals surface area contributed by atoms with Crippen LogP contribution >= 0.6 is 0 Å². The highest BCUT2D eigenvalue weighted by molar-refractivity contribution is 5.33. The Balaban J connectivity index is 2.45. The zero-order valence-electron chi connectivity index (χ0n) is 8.39. The third kappa shape index (κ3) is 1.25. The lowest BCUT2D eigenvalue weighted by Gasteiger charge is -2.41. The van der Waals surface area contributed by atoms with E-state index < -0.39 is 0 Å². The average Bonchev–Trinajstić information content (AvgIpc) is 2.11. The number of aliphatic hydroxyl groups is 1. The summed E-state index contributed by atoms with van der Waals surface area (Å²) in [6, 6.07) is 5.43. The van der Waals surface area contributed by atoms with Gasteiger partial charge in [0.05, 0.1) is 6.61 Å². The van der Waals surface area contributed by atoms with Crippen LogP contribution in [0.15, 0.2) is 18.2 Å². The molecule has 1 nitrogen and oxygen atoms in total. The van der Waals surface area contributed by atoms with Crippen molar-refractivity contribution < 1.29 is 9.50 Å². The molecule has 1 aliphatic rings. The summed E-state index contributed by atoms with van der Waals surface area (Å²) in [5.74, 6) is -0.138. The molecule has 0 aromatic heterocycles. The topological polar surface area (TPSA) is 20.2 Å². The van der Waals surface area contributed by atoms with Crippen molar-refractivity contribution in [3.63, 3.8) is 0 Å². The number of benzene rings is 1. The number of rotatable bonds is 2. The van der Waals surface area contributed by atoms with Crippen LogP contribution in [0.5, 0.6) is 0 Å². The van der Waals surface area contributed by atoms with Crippen LogP contribution in [0.4, 0.5) is 4.39 Å². The lowest BCUT2D eigenvalue weighted by molar-refractivity contribution is 0.116. The maximum Gasteiger partial charge on any atom is 0.129 e.